The van der Waals surface area contributed by atoms with Crippen molar-refractivity contribution < 1.29 is 4.79 Å². The smallest absolute Gasteiger partial charge is 0.245 e. The van der Waals surface area contributed by atoms with Crippen molar-refractivity contribution in [2.24, 2.45) is 5.10 Å². The molecule has 0 saturated carbocycles. The average molecular weight is 338 g/mol. The minimum absolute atomic E-state index is 0.126. The van der Waals surface area contributed by atoms with Gasteiger partial charge in [-0.05, 0) is 37.4 Å². The fraction of sp³-hybridized carbons (Fsp3) is 0.167. The molecule has 24 heavy (non-hydrogen) atoms. The van der Waals surface area contributed by atoms with Gasteiger partial charge in [-0.15, -0.1) is 11.3 Å². The molecule has 5 nitrogen and oxygen atoms in total. The van der Waals surface area contributed by atoms with E-state index in [1.165, 1.54) is 0 Å². The van der Waals surface area contributed by atoms with Crippen LogP contribution in [0.25, 0.3) is 5.69 Å². The predicted molar refractivity (Wildman–Crippen MR) is 96.8 cm³/mol. The number of hydrogen-bond donors (Lipinski definition) is 1. The van der Waals surface area contributed by atoms with Gasteiger partial charge in [0.15, 0.2) is 0 Å². The van der Waals surface area contributed by atoms with E-state index >= 15 is 0 Å². The Hall–Kier alpha value is -2.73. The maximum absolute atomic E-state index is 11.9. The van der Waals surface area contributed by atoms with Crippen LogP contribution in [-0.4, -0.2) is 21.9 Å². The normalized spacial score (nSPS) is 11.1. The Morgan fingerprint density at radius 3 is 2.75 bits per heavy atom. The summed E-state index contributed by atoms with van der Waals surface area (Å²) >= 11 is 1.56. The van der Waals surface area contributed by atoms with E-state index in [-0.39, 0.29) is 5.91 Å². The van der Waals surface area contributed by atoms with Crippen molar-refractivity contribution in [2.75, 3.05) is 0 Å². The molecule has 0 unspecified atom stereocenters. The molecule has 6 heteroatoms. The third-order valence-corrected chi connectivity index (χ3v) is 4.52. The van der Waals surface area contributed by atoms with Gasteiger partial charge in [-0.1, -0.05) is 24.3 Å². The number of hydrazone groups is 1. The van der Waals surface area contributed by atoms with Gasteiger partial charge in [-0.3, -0.25) is 4.79 Å². The van der Waals surface area contributed by atoms with Crippen LogP contribution in [0.15, 0.2) is 52.9 Å². The first kappa shape index (κ1) is 16.1. The van der Waals surface area contributed by atoms with Gasteiger partial charge in [0, 0.05) is 10.4 Å². The van der Waals surface area contributed by atoms with Crippen LogP contribution in [0.2, 0.25) is 0 Å². The number of thiophene rings is 1. The quantitative estimate of drug-likeness (QED) is 0.573. The molecule has 0 atom stereocenters. The van der Waals surface area contributed by atoms with Crippen molar-refractivity contribution in [1.82, 2.24) is 15.2 Å². The van der Waals surface area contributed by atoms with Crippen molar-refractivity contribution in [2.45, 2.75) is 20.3 Å². The molecule has 3 rings (SSSR count). The molecule has 1 aromatic carbocycles. The average Bonchev–Trinajstić information content (AvgIpc) is 3.18. The largest absolute Gasteiger partial charge is 0.273 e. The van der Waals surface area contributed by atoms with Crippen molar-refractivity contribution in [1.29, 1.82) is 0 Å². The van der Waals surface area contributed by atoms with E-state index in [9.17, 15) is 4.79 Å². The number of para-hydroxylation sites is 1. The highest BCUT2D eigenvalue weighted by atomic mass is 32.1. The first-order valence-corrected chi connectivity index (χ1v) is 8.49. The molecule has 0 saturated heterocycles. The van der Waals surface area contributed by atoms with Gasteiger partial charge in [0.1, 0.15) is 0 Å². The van der Waals surface area contributed by atoms with Gasteiger partial charge in [-0.2, -0.15) is 10.2 Å². The lowest BCUT2D eigenvalue weighted by Crippen LogP contribution is -2.19. The lowest BCUT2D eigenvalue weighted by Gasteiger charge is -2.03. The second-order valence-electron chi connectivity index (χ2n) is 5.38. The van der Waals surface area contributed by atoms with Gasteiger partial charge < -0.3 is 0 Å². The third kappa shape index (κ3) is 3.60. The number of carbonyl (C=O) groups is 1. The van der Waals surface area contributed by atoms with Crippen LogP contribution >= 0.6 is 11.3 Å². The minimum atomic E-state index is -0.126. The van der Waals surface area contributed by atoms with Crippen LogP contribution in [0, 0.1) is 13.8 Å². The Morgan fingerprint density at radius 2 is 2.04 bits per heavy atom. The van der Waals surface area contributed by atoms with Gasteiger partial charge in [0.25, 0.3) is 0 Å². The van der Waals surface area contributed by atoms with E-state index in [2.05, 4.69) is 15.6 Å². The zero-order chi connectivity index (χ0) is 16.9. The summed E-state index contributed by atoms with van der Waals surface area (Å²) in [5, 5.41) is 10.6. The van der Waals surface area contributed by atoms with Crippen LogP contribution in [0.5, 0.6) is 0 Å². The number of aromatic nitrogens is 2. The molecular weight excluding hydrogens is 320 g/mol. The van der Waals surface area contributed by atoms with Gasteiger partial charge in [0.2, 0.25) is 5.91 Å². The molecule has 0 aliphatic heterocycles. The zero-order valence-corrected chi connectivity index (χ0v) is 14.4. The molecule has 0 fully saturated rings. The van der Waals surface area contributed by atoms with Gasteiger partial charge in [-0.25, -0.2) is 10.1 Å². The highest BCUT2D eigenvalue weighted by molar-refractivity contribution is 7.10. The Morgan fingerprint density at radius 1 is 1.25 bits per heavy atom. The summed E-state index contributed by atoms with van der Waals surface area (Å²) in [6.45, 7) is 3.92. The molecular formula is C18H18N4OS. The van der Waals surface area contributed by atoms with Crippen molar-refractivity contribution >= 4 is 23.5 Å². The standard InChI is InChI=1S/C18H18N4OS/c1-13-17(12-19-20-18(23)11-16-9-6-10-24-16)14(2)22(21-13)15-7-4-3-5-8-15/h3-10,12H,11H2,1-2H3,(H,20,23). The highest BCUT2D eigenvalue weighted by Crippen LogP contribution is 2.16. The number of rotatable bonds is 5. The second-order valence-corrected chi connectivity index (χ2v) is 6.41. The molecule has 0 aliphatic rings. The predicted octanol–water partition coefficient (Wildman–Crippen LogP) is 3.24. The number of carbonyl (C=O) groups excluding carboxylic acids is 1. The third-order valence-electron chi connectivity index (χ3n) is 3.65. The lowest BCUT2D eigenvalue weighted by atomic mass is 10.2. The fourth-order valence-electron chi connectivity index (χ4n) is 2.44. The fourth-order valence-corrected chi connectivity index (χ4v) is 3.15. The van der Waals surface area contributed by atoms with Crippen molar-refractivity contribution in [3.05, 3.63) is 69.7 Å². The Bertz CT molecular complexity index is 851. The first-order chi connectivity index (χ1) is 11.6. The number of aryl methyl sites for hydroxylation is 1. The molecule has 0 radical (unpaired) electrons. The van der Waals surface area contributed by atoms with Crippen LogP contribution < -0.4 is 5.43 Å². The monoisotopic (exact) mass is 338 g/mol. The topological polar surface area (TPSA) is 59.3 Å². The molecule has 0 aliphatic carbocycles. The number of amides is 1. The SMILES string of the molecule is Cc1nn(-c2ccccc2)c(C)c1C=NNC(=O)Cc1cccs1. The van der Waals surface area contributed by atoms with Gasteiger partial charge in [0.05, 0.1) is 29.7 Å². The van der Waals surface area contributed by atoms with E-state index in [1.807, 2.05) is 66.4 Å². The maximum Gasteiger partial charge on any atom is 0.245 e. The summed E-state index contributed by atoms with van der Waals surface area (Å²) in [6, 6.07) is 13.8. The summed E-state index contributed by atoms with van der Waals surface area (Å²) in [5.74, 6) is -0.126. The zero-order valence-electron chi connectivity index (χ0n) is 13.6. The molecule has 3 aromatic rings. The molecule has 122 valence electrons. The first-order valence-electron chi connectivity index (χ1n) is 7.61. The molecule has 2 heterocycles. The van der Waals surface area contributed by atoms with E-state index in [1.54, 1.807) is 17.6 Å². The van der Waals surface area contributed by atoms with Crippen molar-refractivity contribution in [3.63, 3.8) is 0 Å². The number of benzene rings is 1. The van der Waals surface area contributed by atoms with E-state index < -0.39 is 0 Å². The lowest BCUT2D eigenvalue weighted by molar-refractivity contribution is -0.120. The number of nitrogens with one attached hydrogen (secondary N) is 1. The number of nitrogens with zero attached hydrogens (tertiary/aromatic N) is 3. The van der Waals surface area contributed by atoms with Crippen LogP contribution in [-0.2, 0) is 11.2 Å². The Kier molecular flexibility index (Phi) is 4.86. The van der Waals surface area contributed by atoms with E-state index in [4.69, 9.17) is 0 Å². The maximum atomic E-state index is 11.9. The van der Waals surface area contributed by atoms with Gasteiger partial charge >= 0.3 is 0 Å². The Balaban J connectivity index is 1.71. The van der Waals surface area contributed by atoms with Crippen molar-refractivity contribution in [3.8, 4) is 5.69 Å². The molecule has 0 bridgehead atoms. The van der Waals surface area contributed by atoms with Crippen LogP contribution in [0.4, 0.5) is 0 Å². The summed E-state index contributed by atoms with van der Waals surface area (Å²) < 4.78 is 1.88. The van der Waals surface area contributed by atoms with E-state index in [0.717, 1.165) is 27.5 Å². The van der Waals surface area contributed by atoms with Crippen LogP contribution in [0.1, 0.15) is 21.8 Å². The highest BCUT2D eigenvalue weighted by Gasteiger charge is 2.11. The molecule has 0 spiro atoms. The summed E-state index contributed by atoms with van der Waals surface area (Å²) in [4.78, 5) is 12.9. The summed E-state index contributed by atoms with van der Waals surface area (Å²) in [6.07, 6.45) is 2.00. The number of hydrogen-bond acceptors (Lipinski definition) is 4. The Labute approximate surface area is 144 Å². The summed E-state index contributed by atoms with van der Waals surface area (Å²) in [5.41, 5.74) is 6.33. The molecule has 1 amide bonds. The van der Waals surface area contributed by atoms with Crippen LogP contribution in [0.3, 0.4) is 0 Å². The second kappa shape index (κ2) is 7.23. The summed E-state index contributed by atoms with van der Waals surface area (Å²) in [7, 11) is 0. The molecule has 2 aromatic heterocycles. The minimum Gasteiger partial charge on any atom is -0.273 e. The van der Waals surface area contributed by atoms with E-state index in [0.29, 0.717) is 6.42 Å². The molecule has 1 N–H and O–H groups in total.